The Kier molecular flexibility index (Phi) is 3.42. The molecule has 0 saturated carbocycles. The van der Waals surface area contributed by atoms with E-state index in [2.05, 4.69) is 5.32 Å². The molecule has 1 aromatic rings. The molecule has 1 fully saturated rings. The fourth-order valence-corrected chi connectivity index (χ4v) is 2.08. The van der Waals surface area contributed by atoms with Crippen LogP contribution in [0, 0.1) is 0 Å². The molecule has 0 atom stereocenters. The number of nitrogens with one attached hydrogen (secondary N) is 1. The highest BCUT2D eigenvalue weighted by atomic mass is 27.0. The van der Waals surface area contributed by atoms with Gasteiger partial charge in [0, 0.05) is 31.7 Å². The highest BCUT2D eigenvalue weighted by molar-refractivity contribution is 6.32. The van der Waals surface area contributed by atoms with E-state index >= 15 is 0 Å². The van der Waals surface area contributed by atoms with E-state index in [1.807, 2.05) is 29.2 Å². The maximum atomic E-state index is 12.0. The van der Waals surface area contributed by atoms with Gasteiger partial charge in [-0.1, -0.05) is 24.3 Å². The average Bonchev–Trinajstić information content (AvgIpc) is 2.30. The van der Waals surface area contributed by atoms with E-state index in [-0.39, 0.29) is 5.91 Å². The summed E-state index contributed by atoms with van der Waals surface area (Å²) in [5, 5.41) is 3.24. The van der Waals surface area contributed by atoms with Crippen molar-refractivity contribution in [2.24, 2.45) is 0 Å². The molecule has 0 unspecified atom stereocenters. The van der Waals surface area contributed by atoms with Gasteiger partial charge in [-0.2, -0.15) is 0 Å². The van der Waals surface area contributed by atoms with Crippen molar-refractivity contribution < 1.29 is 4.79 Å². The lowest BCUT2D eigenvalue weighted by atomic mass is 10.2. The van der Waals surface area contributed by atoms with Crippen molar-refractivity contribution in [1.82, 2.24) is 10.2 Å². The Morgan fingerprint density at radius 3 is 2.40 bits per heavy atom. The Bertz CT molecular complexity index is 344. The van der Waals surface area contributed by atoms with Crippen molar-refractivity contribution in [3.63, 3.8) is 0 Å². The first-order valence-electron chi connectivity index (χ1n) is 5.34. The van der Waals surface area contributed by atoms with Crippen molar-refractivity contribution in [3.05, 3.63) is 29.8 Å². The minimum absolute atomic E-state index is 0.165. The third-order valence-corrected chi connectivity index (χ3v) is 3.37. The smallest absolute Gasteiger partial charge is 0.258 e. The largest absolute Gasteiger partial charge is 0.336 e. The van der Waals surface area contributed by atoms with Crippen LogP contribution in [-0.2, 0) is 0 Å². The first kappa shape index (κ1) is 10.7. The maximum Gasteiger partial charge on any atom is 0.258 e. The number of carbonyl (C=O) groups is 1. The van der Waals surface area contributed by atoms with Crippen LogP contribution >= 0.6 is 0 Å². The van der Waals surface area contributed by atoms with Gasteiger partial charge in [0.25, 0.3) is 22.2 Å². The molecule has 0 aromatic heterocycles. The molecular weight excluding hydrogens is 203 g/mol. The summed E-state index contributed by atoms with van der Waals surface area (Å²) in [5.74, 6) is 0.165. The first-order valence-corrected chi connectivity index (χ1v) is 6.34. The number of benzene rings is 1. The van der Waals surface area contributed by atoms with E-state index in [1.165, 1.54) is 4.43 Å². The summed E-state index contributed by atoms with van der Waals surface area (Å²) in [6, 6.07) is 7.96. The molecule has 3 nitrogen and oxygen atoms in total. The van der Waals surface area contributed by atoms with Gasteiger partial charge in [-0.05, 0) is 0 Å². The van der Waals surface area contributed by atoms with E-state index in [0.717, 1.165) is 48.0 Å². The number of amides is 1. The Labute approximate surface area is 97.9 Å². The molecule has 0 radical (unpaired) electrons. The first-order chi connectivity index (χ1) is 7.27. The zero-order chi connectivity index (χ0) is 10.7. The third kappa shape index (κ3) is 2.60. The summed E-state index contributed by atoms with van der Waals surface area (Å²) in [6.07, 6.45) is 0. The van der Waals surface area contributed by atoms with Crippen LogP contribution in [0.15, 0.2) is 24.3 Å². The molecule has 15 heavy (non-hydrogen) atoms. The normalized spacial score (nSPS) is 16.4. The second-order valence-corrected chi connectivity index (χ2v) is 5.06. The standard InChI is InChI=1S/C11H13N2O.Al.2H/c14-11(10-4-2-1-3-5-10)13-8-6-12-7-9-13;;;/h2-5,12H,6-9H2;;;. The lowest BCUT2D eigenvalue weighted by Crippen LogP contribution is -2.46. The van der Waals surface area contributed by atoms with E-state index in [0.29, 0.717) is 0 Å². The van der Waals surface area contributed by atoms with Gasteiger partial charge < -0.3 is 10.2 Å². The molecule has 78 valence electrons. The summed E-state index contributed by atoms with van der Waals surface area (Å²) in [5.41, 5.74) is 0.816. The second-order valence-electron chi connectivity index (χ2n) is 3.91. The fourth-order valence-electron chi connectivity index (χ4n) is 1.75. The quantitative estimate of drug-likeness (QED) is 0.613. The highest BCUT2D eigenvalue weighted by Crippen LogP contribution is 2.04. The van der Waals surface area contributed by atoms with Gasteiger partial charge in [0.15, 0.2) is 0 Å². The number of hydrogen-bond donors (Lipinski definition) is 1. The van der Waals surface area contributed by atoms with Crippen molar-refractivity contribution in [1.29, 1.82) is 0 Å². The van der Waals surface area contributed by atoms with Crippen molar-refractivity contribution in [2.45, 2.75) is 0 Å². The van der Waals surface area contributed by atoms with E-state index in [1.54, 1.807) is 0 Å². The van der Waals surface area contributed by atoms with Crippen LogP contribution in [-0.4, -0.2) is 53.3 Å². The van der Waals surface area contributed by atoms with Crippen LogP contribution < -0.4 is 9.74 Å². The van der Waals surface area contributed by atoms with Crippen LogP contribution in [0.1, 0.15) is 10.4 Å². The molecule has 1 amide bonds. The van der Waals surface area contributed by atoms with Gasteiger partial charge in [0.05, 0.1) is 0 Å². The zero-order valence-electron chi connectivity index (χ0n) is 8.99. The molecule has 0 aliphatic carbocycles. The van der Waals surface area contributed by atoms with Gasteiger partial charge >= 0.3 is 0 Å². The van der Waals surface area contributed by atoms with Crippen LogP contribution in [0.25, 0.3) is 0 Å². The van der Waals surface area contributed by atoms with Crippen molar-refractivity contribution in [3.8, 4) is 0 Å². The molecule has 1 heterocycles. The summed E-state index contributed by atoms with van der Waals surface area (Å²) < 4.78 is 1.33. The number of nitrogens with zero attached hydrogens (tertiary/aromatic N) is 1. The van der Waals surface area contributed by atoms with Crippen molar-refractivity contribution in [2.75, 3.05) is 26.2 Å². The molecule has 0 spiro atoms. The van der Waals surface area contributed by atoms with E-state index in [9.17, 15) is 4.79 Å². The minimum Gasteiger partial charge on any atom is -0.336 e. The van der Waals surface area contributed by atoms with Gasteiger partial charge in [-0.3, -0.25) is 4.79 Å². The topological polar surface area (TPSA) is 32.3 Å². The molecule has 1 N–H and O–H groups in total. The van der Waals surface area contributed by atoms with Crippen LogP contribution in [0.4, 0.5) is 0 Å². The minimum atomic E-state index is 0.165. The Hall–Kier alpha value is -0.818. The average molecular weight is 218 g/mol. The molecule has 1 saturated heterocycles. The predicted molar refractivity (Wildman–Crippen MR) is 63.4 cm³/mol. The summed E-state index contributed by atoms with van der Waals surface area (Å²) in [6.45, 7) is 3.46. The fraction of sp³-hybridized carbons (Fsp3) is 0.364. The molecule has 2 rings (SSSR count). The molecule has 1 aromatic carbocycles. The number of rotatable bonds is 1. The summed E-state index contributed by atoms with van der Waals surface area (Å²) >= 11 is 1.04. The molecular formula is C11H15AlN2O. The highest BCUT2D eigenvalue weighted by Gasteiger charge is 2.17. The summed E-state index contributed by atoms with van der Waals surface area (Å²) in [7, 11) is 0. The van der Waals surface area contributed by atoms with E-state index < -0.39 is 0 Å². The van der Waals surface area contributed by atoms with Gasteiger partial charge in [-0.25, -0.2) is 0 Å². The SMILES string of the molecule is O=C(c1cc[c]([AlH2])cc1)N1CCNCC1. The van der Waals surface area contributed by atoms with Crippen LogP contribution in [0.3, 0.4) is 0 Å². The Morgan fingerprint density at radius 1 is 1.20 bits per heavy atom. The van der Waals surface area contributed by atoms with Gasteiger partial charge in [-0.15, -0.1) is 4.43 Å². The maximum absolute atomic E-state index is 12.0. The van der Waals surface area contributed by atoms with Crippen LogP contribution in [0.2, 0.25) is 0 Å². The Morgan fingerprint density at radius 2 is 1.80 bits per heavy atom. The predicted octanol–water partition coefficient (Wildman–Crippen LogP) is -1.01. The molecule has 0 bridgehead atoms. The van der Waals surface area contributed by atoms with Gasteiger partial charge in [0.1, 0.15) is 0 Å². The number of hydrogen-bond acceptors (Lipinski definition) is 2. The van der Waals surface area contributed by atoms with Crippen LogP contribution in [0.5, 0.6) is 0 Å². The number of piperazine rings is 1. The lowest BCUT2D eigenvalue weighted by Gasteiger charge is -2.27. The Balaban J connectivity index is 2.09. The molecule has 1 aliphatic rings. The molecule has 4 heteroatoms. The van der Waals surface area contributed by atoms with Crippen molar-refractivity contribution >= 4 is 26.6 Å². The monoisotopic (exact) mass is 218 g/mol. The van der Waals surface area contributed by atoms with E-state index in [4.69, 9.17) is 0 Å². The summed E-state index contributed by atoms with van der Waals surface area (Å²) in [4.78, 5) is 13.9. The van der Waals surface area contributed by atoms with Gasteiger partial charge in [0.2, 0.25) is 0 Å². The second kappa shape index (κ2) is 4.80. The number of carbonyl (C=O) groups excluding carboxylic acids is 1. The molecule has 1 aliphatic heterocycles. The zero-order valence-corrected chi connectivity index (χ0v) is 11.0. The lowest BCUT2D eigenvalue weighted by molar-refractivity contribution is 0.0736. The third-order valence-electron chi connectivity index (χ3n) is 2.70.